The molecule has 0 unspecified atom stereocenters. The molecule has 1 fully saturated rings. The maximum Gasteiger partial charge on any atom is 0.312 e. The summed E-state index contributed by atoms with van der Waals surface area (Å²) in [6.07, 6.45) is -1.63. The molecule has 0 saturated heterocycles. The molecule has 3 aromatic carbocycles. The maximum atomic E-state index is 13.3. The number of esters is 1. The average Bonchev–Trinajstić information content (AvgIpc) is 3.56. The molecule has 37 heavy (non-hydrogen) atoms. The van der Waals surface area contributed by atoms with Crippen molar-refractivity contribution in [3.63, 3.8) is 0 Å². The van der Waals surface area contributed by atoms with Gasteiger partial charge in [-0.15, -0.1) is 0 Å². The first-order chi connectivity index (χ1) is 17.9. The summed E-state index contributed by atoms with van der Waals surface area (Å²) in [4.78, 5) is 13.3. The lowest BCUT2D eigenvalue weighted by atomic mass is 9.70. The minimum Gasteiger partial charge on any atom is -0.496 e. The average molecular weight is 507 g/mol. The Morgan fingerprint density at radius 1 is 0.946 bits per heavy atom. The Balaban J connectivity index is 1.71. The number of rotatable bonds is 5. The van der Waals surface area contributed by atoms with E-state index >= 15 is 0 Å². The third kappa shape index (κ3) is 2.95. The Bertz CT molecular complexity index is 1370. The highest BCUT2D eigenvalue weighted by molar-refractivity contribution is 5.78. The number of carbonyl (C=O) groups excluding carboxylic acids is 1. The van der Waals surface area contributed by atoms with Crippen molar-refractivity contribution in [1.82, 2.24) is 0 Å². The topological polar surface area (TPSA) is 113 Å². The lowest BCUT2D eigenvalue weighted by Crippen LogP contribution is -2.52. The molecule has 9 nitrogen and oxygen atoms in total. The summed E-state index contributed by atoms with van der Waals surface area (Å²) in [6, 6.07) is 17.6. The van der Waals surface area contributed by atoms with E-state index in [-0.39, 0.29) is 23.9 Å². The van der Waals surface area contributed by atoms with Crippen molar-refractivity contribution in [3.05, 3.63) is 77.4 Å². The van der Waals surface area contributed by atoms with Crippen LogP contribution in [0.25, 0.3) is 0 Å². The zero-order chi connectivity index (χ0) is 25.9. The first-order valence-corrected chi connectivity index (χ1v) is 11.8. The molecule has 3 aromatic rings. The van der Waals surface area contributed by atoms with E-state index in [4.69, 9.17) is 28.4 Å². The van der Waals surface area contributed by atoms with E-state index in [1.807, 2.05) is 30.3 Å². The summed E-state index contributed by atoms with van der Waals surface area (Å²) >= 11 is 0. The molecule has 6 rings (SSSR count). The minimum atomic E-state index is -2.13. The van der Waals surface area contributed by atoms with Gasteiger partial charge in [0.05, 0.1) is 32.8 Å². The number of carbonyl (C=O) groups is 1. The van der Waals surface area contributed by atoms with Gasteiger partial charge in [0.2, 0.25) is 6.79 Å². The van der Waals surface area contributed by atoms with Gasteiger partial charge in [-0.2, -0.15) is 0 Å². The fourth-order valence-electron chi connectivity index (χ4n) is 6.19. The van der Waals surface area contributed by atoms with Crippen LogP contribution in [0.15, 0.2) is 60.7 Å². The molecule has 2 N–H and O–H groups in total. The Morgan fingerprint density at radius 2 is 1.70 bits per heavy atom. The predicted octanol–water partition coefficient (Wildman–Crippen LogP) is 2.86. The summed E-state index contributed by atoms with van der Waals surface area (Å²) in [5.41, 5.74) is -2.45. The lowest BCUT2D eigenvalue weighted by molar-refractivity contribution is -0.161. The van der Waals surface area contributed by atoms with Gasteiger partial charge in [-0.05, 0) is 17.7 Å². The van der Waals surface area contributed by atoms with Gasteiger partial charge in [-0.3, -0.25) is 4.79 Å². The largest absolute Gasteiger partial charge is 0.496 e. The van der Waals surface area contributed by atoms with E-state index < -0.39 is 35.1 Å². The summed E-state index contributed by atoms with van der Waals surface area (Å²) in [7, 11) is 4.21. The van der Waals surface area contributed by atoms with Crippen LogP contribution < -0.4 is 23.7 Å². The standard InChI is InChI=1S/C28H26O9/c1-32-17-12-20(33-2)24-21(13-17)37-28(16-9-10-18-19(11-16)36-14-35-18)23(15-7-5-4-6-8-15)22(26(30)34-3)25(29)27(24,28)31/h4-13,22-23,25,29,31H,14H2,1-3H3/t22-,23+,25-,27+,28+/m1/s1. The van der Waals surface area contributed by atoms with E-state index in [1.54, 1.807) is 30.3 Å². The van der Waals surface area contributed by atoms with Crippen LogP contribution in [0.2, 0.25) is 0 Å². The summed E-state index contributed by atoms with van der Waals surface area (Å²) in [5.74, 6) is -0.779. The van der Waals surface area contributed by atoms with Crippen molar-refractivity contribution in [1.29, 1.82) is 0 Å². The van der Waals surface area contributed by atoms with Crippen LogP contribution in [0, 0.1) is 5.92 Å². The molecular weight excluding hydrogens is 480 g/mol. The molecule has 2 aliphatic heterocycles. The highest BCUT2D eigenvalue weighted by atomic mass is 16.7. The molecule has 1 aliphatic carbocycles. The van der Waals surface area contributed by atoms with Crippen LogP contribution in [0.4, 0.5) is 0 Å². The Hall–Kier alpha value is -3.95. The Kier molecular flexibility index (Phi) is 5.25. The van der Waals surface area contributed by atoms with Crippen LogP contribution in [-0.2, 0) is 20.7 Å². The van der Waals surface area contributed by atoms with Crippen LogP contribution in [-0.4, -0.2) is 50.4 Å². The molecule has 0 bridgehead atoms. The second kappa shape index (κ2) is 8.29. The highest BCUT2D eigenvalue weighted by Crippen LogP contribution is 2.70. The lowest BCUT2D eigenvalue weighted by Gasteiger charge is -2.40. The van der Waals surface area contributed by atoms with E-state index in [0.717, 1.165) is 0 Å². The van der Waals surface area contributed by atoms with E-state index in [9.17, 15) is 15.0 Å². The molecule has 0 amide bonds. The van der Waals surface area contributed by atoms with Crippen molar-refractivity contribution >= 4 is 5.97 Å². The Morgan fingerprint density at radius 3 is 2.41 bits per heavy atom. The third-order valence-corrected chi connectivity index (χ3v) is 7.71. The fourth-order valence-corrected chi connectivity index (χ4v) is 6.19. The maximum absolute atomic E-state index is 13.3. The van der Waals surface area contributed by atoms with Crippen LogP contribution >= 0.6 is 0 Å². The number of aliphatic hydroxyl groups excluding tert-OH is 1. The normalized spacial score (nSPS) is 28.7. The van der Waals surface area contributed by atoms with Crippen molar-refractivity contribution in [3.8, 4) is 28.7 Å². The van der Waals surface area contributed by atoms with Gasteiger partial charge in [-0.25, -0.2) is 0 Å². The molecule has 0 radical (unpaired) electrons. The molecular formula is C28H26O9. The number of methoxy groups -OCH3 is 3. The van der Waals surface area contributed by atoms with Crippen molar-refractivity contribution in [2.45, 2.75) is 23.2 Å². The number of ether oxygens (including phenoxy) is 6. The summed E-state index contributed by atoms with van der Waals surface area (Å²) in [6.45, 7) is 0.0533. The van der Waals surface area contributed by atoms with Crippen LogP contribution in [0.3, 0.4) is 0 Å². The molecule has 3 aliphatic rings. The van der Waals surface area contributed by atoms with Crippen LogP contribution in [0.1, 0.15) is 22.6 Å². The molecule has 192 valence electrons. The molecule has 0 aromatic heterocycles. The zero-order valence-electron chi connectivity index (χ0n) is 20.5. The minimum absolute atomic E-state index is 0.0533. The number of hydrogen-bond acceptors (Lipinski definition) is 9. The number of aliphatic hydroxyl groups is 2. The quantitative estimate of drug-likeness (QED) is 0.505. The van der Waals surface area contributed by atoms with Gasteiger partial charge in [0, 0.05) is 23.6 Å². The van der Waals surface area contributed by atoms with Crippen LogP contribution in [0.5, 0.6) is 28.7 Å². The third-order valence-electron chi connectivity index (χ3n) is 7.71. The second-order valence-corrected chi connectivity index (χ2v) is 9.26. The number of benzene rings is 3. The van der Waals surface area contributed by atoms with E-state index in [0.29, 0.717) is 28.4 Å². The first-order valence-electron chi connectivity index (χ1n) is 11.8. The van der Waals surface area contributed by atoms with Gasteiger partial charge in [0.15, 0.2) is 22.7 Å². The number of hydrogen-bond donors (Lipinski definition) is 2. The molecule has 5 atom stereocenters. The predicted molar refractivity (Wildman–Crippen MR) is 129 cm³/mol. The zero-order valence-corrected chi connectivity index (χ0v) is 20.5. The Labute approximate surface area is 213 Å². The van der Waals surface area contributed by atoms with Crippen molar-refractivity contribution in [2.75, 3.05) is 28.1 Å². The van der Waals surface area contributed by atoms with Crippen molar-refractivity contribution < 1.29 is 43.4 Å². The van der Waals surface area contributed by atoms with Gasteiger partial charge >= 0.3 is 5.97 Å². The number of fused-ring (bicyclic) bond motifs is 4. The summed E-state index contributed by atoms with van der Waals surface area (Å²) < 4.78 is 34.1. The van der Waals surface area contributed by atoms with Gasteiger partial charge < -0.3 is 38.6 Å². The fraction of sp³-hybridized carbons (Fsp3) is 0.321. The van der Waals surface area contributed by atoms with Crippen molar-refractivity contribution in [2.24, 2.45) is 5.92 Å². The van der Waals surface area contributed by atoms with Gasteiger partial charge in [-0.1, -0.05) is 36.4 Å². The molecule has 1 saturated carbocycles. The monoisotopic (exact) mass is 506 g/mol. The molecule has 2 heterocycles. The van der Waals surface area contributed by atoms with Gasteiger partial charge in [0.1, 0.15) is 23.4 Å². The first kappa shape index (κ1) is 23.4. The van der Waals surface area contributed by atoms with E-state index in [2.05, 4.69) is 0 Å². The highest BCUT2D eigenvalue weighted by Gasteiger charge is 2.78. The smallest absolute Gasteiger partial charge is 0.312 e. The van der Waals surface area contributed by atoms with E-state index in [1.165, 1.54) is 21.3 Å². The molecule has 9 heteroatoms. The van der Waals surface area contributed by atoms with Gasteiger partial charge in [0.25, 0.3) is 0 Å². The second-order valence-electron chi connectivity index (χ2n) is 9.26. The molecule has 0 spiro atoms. The SMILES string of the molecule is COC(=O)[C@H]1[C@@H](O)[C@@]2(O)c3c(OC)cc(OC)cc3O[C@@]2(c2ccc3c(c2)OCO3)[C@H]1c1ccccc1. The summed E-state index contributed by atoms with van der Waals surface area (Å²) in [5, 5.41) is 24.6.